The summed E-state index contributed by atoms with van der Waals surface area (Å²) in [7, 11) is -2.96. The van der Waals surface area contributed by atoms with E-state index in [1.165, 1.54) is 6.26 Å². The SMILES string of the molecule is CC(C)[C@H]1OCCC[C@@H]1Nc1ccnc(N[C@H](C)CCS(C)(=O)=O)n1. The largest absolute Gasteiger partial charge is 0.376 e. The van der Waals surface area contributed by atoms with Crippen LogP contribution in [-0.2, 0) is 14.6 Å². The van der Waals surface area contributed by atoms with Crippen LogP contribution in [0, 0.1) is 5.92 Å². The maximum Gasteiger partial charge on any atom is 0.224 e. The number of rotatable bonds is 8. The lowest BCUT2D eigenvalue weighted by Crippen LogP contribution is -2.43. The summed E-state index contributed by atoms with van der Waals surface area (Å²) in [5.74, 6) is 1.85. The average molecular weight is 371 g/mol. The molecule has 2 N–H and O–H groups in total. The molecule has 0 saturated carbocycles. The van der Waals surface area contributed by atoms with Gasteiger partial charge in [-0.05, 0) is 38.2 Å². The molecule has 2 rings (SSSR count). The lowest BCUT2D eigenvalue weighted by Gasteiger charge is -2.35. The number of nitrogens with zero attached hydrogens (tertiary/aromatic N) is 2. The molecule has 0 radical (unpaired) electrons. The third-order valence-corrected chi connectivity index (χ3v) is 5.29. The van der Waals surface area contributed by atoms with Gasteiger partial charge in [-0.15, -0.1) is 0 Å². The normalized spacial score (nSPS) is 22.6. The van der Waals surface area contributed by atoms with Gasteiger partial charge in [0.1, 0.15) is 15.7 Å². The Morgan fingerprint density at radius 2 is 2.12 bits per heavy atom. The second-order valence-electron chi connectivity index (χ2n) is 7.20. The Balaban J connectivity index is 1.96. The molecule has 7 nitrogen and oxygen atoms in total. The molecule has 0 amide bonds. The molecule has 1 fully saturated rings. The minimum Gasteiger partial charge on any atom is -0.376 e. The van der Waals surface area contributed by atoms with Crippen molar-refractivity contribution in [2.75, 3.05) is 29.2 Å². The third kappa shape index (κ3) is 6.78. The van der Waals surface area contributed by atoms with Crippen LogP contribution in [0.3, 0.4) is 0 Å². The van der Waals surface area contributed by atoms with Crippen molar-refractivity contribution in [2.24, 2.45) is 5.92 Å². The third-order valence-electron chi connectivity index (χ3n) is 4.31. The first-order valence-corrected chi connectivity index (χ1v) is 11.0. The second-order valence-corrected chi connectivity index (χ2v) is 9.46. The molecule has 1 aliphatic heterocycles. The summed E-state index contributed by atoms with van der Waals surface area (Å²) >= 11 is 0. The molecule has 1 aromatic rings. The van der Waals surface area contributed by atoms with Crippen molar-refractivity contribution in [3.05, 3.63) is 12.3 Å². The zero-order valence-corrected chi connectivity index (χ0v) is 16.3. The monoisotopic (exact) mass is 370 g/mol. The first-order chi connectivity index (χ1) is 11.7. The molecular formula is C17H30N4O3S. The van der Waals surface area contributed by atoms with Gasteiger partial charge in [-0.3, -0.25) is 0 Å². The van der Waals surface area contributed by atoms with Gasteiger partial charge in [0.25, 0.3) is 0 Å². The first-order valence-electron chi connectivity index (χ1n) is 8.90. The predicted octanol–water partition coefficient (Wildman–Crippen LogP) is 2.33. The minimum absolute atomic E-state index is 0.0219. The summed E-state index contributed by atoms with van der Waals surface area (Å²) in [4.78, 5) is 8.73. The van der Waals surface area contributed by atoms with E-state index in [4.69, 9.17) is 4.74 Å². The van der Waals surface area contributed by atoms with Gasteiger partial charge in [0.2, 0.25) is 5.95 Å². The molecule has 3 atom stereocenters. The zero-order chi connectivity index (χ0) is 18.4. The van der Waals surface area contributed by atoms with Crippen molar-refractivity contribution in [3.8, 4) is 0 Å². The van der Waals surface area contributed by atoms with E-state index in [-0.39, 0.29) is 23.9 Å². The fourth-order valence-electron chi connectivity index (χ4n) is 3.00. The van der Waals surface area contributed by atoms with Gasteiger partial charge in [-0.25, -0.2) is 13.4 Å². The second kappa shape index (κ2) is 8.80. The Bertz CT molecular complexity index is 651. The van der Waals surface area contributed by atoms with Crippen LogP contribution in [0.1, 0.15) is 40.0 Å². The number of ether oxygens (including phenoxy) is 1. The van der Waals surface area contributed by atoms with Crippen molar-refractivity contribution in [3.63, 3.8) is 0 Å². The van der Waals surface area contributed by atoms with E-state index in [9.17, 15) is 8.42 Å². The number of aromatic nitrogens is 2. The summed E-state index contributed by atoms with van der Waals surface area (Å²) < 4.78 is 28.4. The number of hydrogen-bond acceptors (Lipinski definition) is 7. The van der Waals surface area contributed by atoms with Crippen molar-refractivity contribution in [2.45, 2.75) is 58.2 Å². The number of anilines is 2. The Morgan fingerprint density at radius 3 is 2.80 bits per heavy atom. The fraction of sp³-hybridized carbons (Fsp3) is 0.765. The molecule has 1 aliphatic rings. The highest BCUT2D eigenvalue weighted by atomic mass is 32.2. The predicted molar refractivity (Wildman–Crippen MR) is 101 cm³/mol. The quantitative estimate of drug-likeness (QED) is 0.725. The topological polar surface area (TPSA) is 93.2 Å². The summed E-state index contributed by atoms with van der Waals surface area (Å²) in [5.41, 5.74) is 0. The summed E-state index contributed by atoms with van der Waals surface area (Å²) in [6, 6.07) is 2.06. The Hall–Kier alpha value is -1.41. The smallest absolute Gasteiger partial charge is 0.224 e. The molecule has 1 saturated heterocycles. The van der Waals surface area contributed by atoms with Crippen LogP contribution in [0.4, 0.5) is 11.8 Å². The molecule has 0 aromatic carbocycles. The summed E-state index contributed by atoms with van der Waals surface area (Å²) in [6.07, 6.45) is 5.74. The molecule has 0 bridgehead atoms. The van der Waals surface area contributed by atoms with Gasteiger partial charge in [-0.1, -0.05) is 13.8 Å². The lowest BCUT2D eigenvalue weighted by molar-refractivity contribution is -0.0203. The van der Waals surface area contributed by atoms with E-state index in [1.54, 1.807) is 6.20 Å². The Kier molecular flexibility index (Phi) is 7.01. The van der Waals surface area contributed by atoms with Gasteiger partial charge < -0.3 is 15.4 Å². The molecule has 2 heterocycles. The minimum atomic E-state index is -2.96. The molecule has 1 aromatic heterocycles. The van der Waals surface area contributed by atoms with E-state index >= 15 is 0 Å². The van der Waals surface area contributed by atoms with Gasteiger partial charge in [0.05, 0.1) is 17.9 Å². The number of nitrogens with one attached hydrogen (secondary N) is 2. The average Bonchev–Trinajstić information content (AvgIpc) is 2.53. The van der Waals surface area contributed by atoms with Gasteiger partial charge in [0, 0.05) is 25.1 Å². The van der Waals surface area contributed by atoms with Crippen LogP contribution in [0.25, 0.3) is 0 Å². The van der Waals surface area contributed by atoms with E-state index in [1.807, 2.05) is 13.0 Å². The lowest BCUT2D eigenvalue weighted by atomic mass is 9.94. The standard InChI is InChI=1S/C17H30N4O3S/c1-12(2)16-14(6-5-10-24-16)20-15-7-9-18-17(21-15)19-13(3)8-11-25(4,22)23/h7,9,12-14,16H,5-6,8,10-11H2,1-4H3,(H2,18,19,20,21)/t13-,14+,16-/m1/s1. The van der Waals surface area contributed by atoms with Crippen LogP contribution in [0.2, 0.25) is 0 Å². The molecule has 0 aliphatic carbocycles. The number of hydrogen-bond donors (Lipinski definition) is 2. The van der Waals surface area contributed by atoms with Gasteiger partial charge in [-0.2, -0.15) is 4.98 Å². The fourth-order valence-corrected chi connectivity index (χ4v) is 3.78. The van der Waals surface area contributed by atoms with Crippen molar-refractivity contribution >= 4 is 21.6 Å². The Morgan fingerprint density at radius 1 is 1.36 bits per heavy atom. The molecule has 25 heavy (non-hydrogen) atoms. The van der Waals surface area contributed by atoms with E-state index in [2.05, 4.69) is 34.4 Å². The highest BCUT2D eigenvalue weighted by Gasteiger charge is 2.28. The maximum atomic E-state index is 11.3. The highest BCUT2D eigenvalue weighted by Crippen LogP contribution is 2.23. The highest BCUT2D eigenvalue weighted by molar-refractivity contribution is 7.90. The van der Waals surface area contributed by atoms with Crippen LogP contribution < -0.4 is 10.6 Å². The molecule has 142 valence electrons. The van der Waals surface area contributed by atoms with Crippen molar-refractivity contribution in [1.82, 2.24) is 9.97 Å². The number of sulfone groups is 1. The van der Waals surface area contributed by atoms with Crippen LogP contribution in [-0.4, -0.2) is 55.2 Å². The first kappa shape index (κ1) is 19.9. The summed E-state index contributed by atoms with van der Waals surface area (Å²) in [6.45, 7) is 7.08. The van der Waals surface area contributed by atoms with Gasteiger partial charge >= 0.3 is 0 Å². The van der Waals surface area contributed by atoms with Crippen LogP contribution >= 0.6 is 0 Å². The van der Waals surface area contributed by atoms with Crippen LogP contribution in [0.5, 0.6) is 0 Å². The summed E-state index contributed by atoms with van der Waals surface area (Å²) in [5, 5.41) is 6.64. The zero-order valence-electron chi connectivity index (χ0n) is 15.5. The van der Waals surface area contributed by atoms with Crippen LogP contribution in [0.15, 0.2) is 12.3 Å². The van der Waals surface area contributed by atoms with Crippen molar-refractivity contribution in [1.29, 1.82) is 0 Å². The maximum absolute atomic E-state index is 11.3. The Labute approximate surface area is 150 Å². The van der Waals surface area contributed by atoms with Crippen molar-refractivity contribution < 1.29 is 13.2 Å². The van der Waals surface area contributed by atoms with E-state index < -0.39 is 9.84 Å². The molecule has 8 heteroatoms. The molecule has 0 unspecified atom stereocenters. The molecule has 0 spiro atoms. The van der Waals surface area contributed by atoms with Gasteiger partial charge in [0.15, 0.2) is 0 Å². The molecular weight excluding hydrogens is 340 g/mol. The van der Waals surface area contributed by atoms with E-state index in [0.717, 1.165) is 25.3 Å². The van der Waals surface area contributed by atoms with E-state index in [0.29, 0.717) is 18.3 Å².